The van der Waals surface area contributed by atoms with E-state index in [2.05, 4.69) is 19.9 Å². The van der Waals surface area contributed by atoms with E-state index in [9.17, 15) is 4.79 Å². The van der Waals surface area contributed by atoms with E-state index in [-0.39, 0.29) is 11.9 Å². The molecule has 0 N–H and O–H groups in total. The lowest BCUT2D eigenvalue weighted by molar-refractivity contribution is -0.121. The van der Waals surface area contributed by atoms with Crippen LogP contribution in [0.5, 0.6) is 11.9 Å². The molecule has 0 fully saturated rings. The molecule has 0 saturated carbocycles. The molecule has 1 amide bonds. The quantitative estimate of drug-likeness (QED) is 0.674. The second-order valence-electron chi connectivity index (χ2n) is 7.27. The van der Waals surface area contributed by atoms with Crippen LogP contribution in [0, 0.1) is 6.92 Å². The average molecular weight is 391 g/mol. The van der Waals surface area contributed by atoms with Gasteiger partial charge in [-0.1, -0.05) is 12.1 Å². The highest BCUT2D eigenvalue weighted by Crippen LogP contribution is 2.46. The molecular formula is C21H21N5O3. The van der Waals surface area contributed by atoms with Crippen molar-refractivity contribution in [2.24, 2.45) is 0 Å². The lowest BCUT2D eigenvalue weighted by Crippen LogP contribution is -2.33. The summed E-state index contributed by atoms with van der Waals surface area (Å²) in [5.74, 6) is 1.32. The summed E-state index contributed by atoms with van der Waals surface area (Å²) in [7, 11) is 2.97. The molecule has 1 aliphatic rings. The summed E-state index contributed by atoms with van der Waals surface area (Å²) < 4.78 is 10.4. The SMILES string of the molecule is COc1cc(N2C(=O)C(C)(C)c3ccc(-c4cnc(C)nc4)cc32)nc(OC)n1. The first-order chi connectivity index (χ1) is 13.8. The van der Waals surface area contributed by atoms with Gasteiger partial charge in [0.25, 0.3) is 0 Å². The van der Waals surface area contributed by atoms with Crippen LogP contribution in [0.2, 0.25) is 0 Å². The molecule has 4 rings (SSSR count). The number of ether oxygens (including phenoxy) is 2. The summed E-state index contributed by atoms with van der Waals surface area (Å²) in [4.78, 5) is 32.0. The molecule has 0 bridgehead atoms. The fourth-order valence-corrected chi connectivity index (χ4v) is 3.40. The summed E-state index contributed by atoms with van der Waals surface area (Å²) in [5.41, 5.74) is 2.74. The van der Waals surface area contributed by atoms with E-state index in [1.807, 2.05) is 39.0 Å². The number of hydrogen-bond donors (Lipinski definition) is 0. The minimum atomic E-state index is -0.705. The first-order valence-corrected chi connectivity index (χ1v) is 9.10. The van der Waals surface area contributed by atoms with Gasteiger partial charge in [-0.3, -0.25) is 9.69 Å². The number of hydrogen-bond acceptors (Lipinski definition) is 7. The van der Waals surface area contributed by atoms with Gasteiger partial charge >= 0.3 is 6.01 Å². The number of aryl methyl sites for hydroxylation is 1. The van der Waals surface area contributed by atoms with E-state index in [0.717, 1.165) is 22.4 Å². The number of methoxy groups -OCH3 is 2. The maximum Gasteiger partial charge on any atom is 0.321 e. The average Bonchev–Trinajstić information content (AvgIpc) is 2.93. The fraction of sp³-hybridized carbons (Fsp3) is 0.286. The van der Waals surface area contributed by atoms with Crippen LogP contribution in [0.4, 0.5) is 11.5 Å². The predicted octanol–water partition coefficient (Wildman–Crippen LogP) is 3.22. The van der Waals surface area contributed by atoms with Crippen molar-refractivity contribution >= 4 is 17.4 Å². The third-order valence-electron chi connectivity index (χ3n) is 5.05. The molecule has 0 saturated heterocycles. The molecule has 1 aromatic carbocycles. The van der Waals surface area contributed by atoms with Crippen LogP contribution >= 0.6 is 0 Å². The molecule has 8 nitrogen and oxygen atoms in total. The molecular weight excluding hydrogens is 370 g/mol. The minimum absolute atomic E-state index is 0.0902. The Kier molecular flexibility index (Phi) is 4.41. The Balaban J connectivity index is 1.89. The fourth-order valence-electron chi connectivity index (χ4n) is 3.40. The zero-order valence-corrected chi connectivity index (χ0v) is 16.9. The molecule has 3 aromatic rings. The number of anilines is 2. The summed E-state index contributed by atoms with van der Waals surface area (Å²) in [5, 5.41) is 0. The molecule has 0 unspecified atom stereocenters. The van der Waals surface area contributed by atoms with Crippen molar-refractivity contribution in [3.8, 4) is 23.0 Å². The summed E-state index contributed by atoms with van der Waals surface area (Å²) >= 11 is 0. The normalized spacial score (nSPS) is 14.7. The lowest BCUT2D eigenvalue weighted by atomic mass is 9.85. The van der Waals surface area contributed by atoms with Crippen molar-refractivity contribution in [2.45, 2.75) is 26.2 Å². The zero-order chi connectivity index (χ0) is 20.8. The zero-order valence-electron chi connectivity index (χ0n) is 16.9. The highest BCUT2D eigenvalue weighted by molar-refractivity contribution is 6.12. The number of carbonyl (C=O) groups is 1. The van der Waals surface area contributed by atoms with E-state index in [1.54, 1.807) is 23.4 Å². The molecule has 148 valence electrons. The maximum atomic E-state index is 13.3. The Hall–Kier alpha value is -3.55. The second-order valence-corrected chi connectivity index (χ2v) is 7.27. The molecule has 3 heterocycles. The summed E-state index contributed by atoms with van der Waals surface area (Å²) in [6.45, 7) is 5.64. The number of fused-ring (bicyclic) bond motifs is 1. The van der Waals surface area contributed by atoms with Crippen LogP contribution in [0.25, 0.3) is 11.1 Å². The number of aromatic nitrogens is 4. The van der Waals surface area contributed by atoms with Crippen LogP contribution in [-0.4, -0.2) is 40.1 Å². The number of rotatable bonds is 4. The van der Waals surface area contributed by atoms with Crippen molar-refractivity contribution in [1.29, 1.82) is 0 Å². The third-order valence-corrected chi connectivity index (χ3v) is 5.05. The summed E-state index contributed by atoms with van der Waals surface area (Å²) in [6.07, 6.45) is 3.54. The van der Waals surface area contributed by atoms with Crippen LogP contribution < -0.4 is 14.4 Å². The predicted molar refractivity (Wildman–Crippen MR) is 108 cm³/mol. The first kappa shape index (κ1) is 18.8. The number of nitrogens with zero attached hydrogens (tertiary/aromatic N) is 5. The highest BCUT2D eigenvalue weighted by Gasteiger charge is 2.45. The molecule has 8 heteroatoms. The van der Waals surface area contributed by atoms with Gasteiger partial charge in [0, 0.05) is 24.0 Å². The monoisotopic (exact) mass is 391 g/mol. The van der Waals surface area contributed by atoms with E-state index in [1.165, 1.54) is 14.2 Å². The molecule has 0 atom stereocenters. The lowest BCUT2D eigenvalue weighted by Gasteiger charge is -2.20. The van der Waals surface area contributed by atoms with E-state index >= 15 is 0 Å². The van der Waals surface area contributed by atoms with Gasteiger partial charge < -0.3 is 9.47 Å². The van der Waals surface area contributed by atoms with Crippen LogP contribution in [0.15, 0.2) is 36.7 Å². The molecule has 1 aliphatic heterocycles. The standard InChI is InChI=1S/C21H21N5O3/c1-12-22-10-14(11-23-12)13-6-7-15-16(8-13)26(19(27)21(15,2)3)17-9-18(28-4)25-20(24-17)29-5/h6-11H,1-5H3. The van der Waals surface area contributed by atoms with Gasteiger partial charge in [0.1, 0.15) is 5.82 Å². The summed E-state index contributed by atoms with van der Waals surface area (Å²) in [6, 6.07) is 7.65. The van der Waals surface area contributed by atoms with Gasteiger partial charge in [0.05, 0.1) is 25.3 Å². The molecule has 29 heavy (non-hydrogen) atoms. The van der Waals surface area contributed by atoms with Crippen molar-refractivity contribution in [3.05, 3.63) is 48.0 Å². The Morgan fingerprint density at radius 2 is 1.69 bits per heavy atom. The number of carbonyl (C=O) groups excluding carboxylic acids is 1. The van der Waals surface area contributed by atoms with E-state index < -0.39 is 5.41 Å². The minimum Gasteiger partial charge on any atom is -0.481 e. The van der Waals surface area contributed by atoms with Crippen LogP contribution in [0.3, 0.4) is 0 Å². The van der Waals surface area contributed by atoms with E-state index in [4.69, 9.17) is 9.47 Å². The maximum absolute atomic E-state index is 13.3. The van der Waals surface area contributed by atoms with Crippen LogP contribution in [-0.2, 0) is 10.2 Å². The Labute approximate surface area is 168 Å². The first-order valence-electron chi connectivity index (χ1n) is 9.10. The molecule has 0 spiro atoms. The smallest absolute Gasteiger partial charge is 0.321 e. The molecule has 0 radical (unpaired) electrons. The Morgan fingerprint density at radius 3 is 2.34 bits per heavy atom. The highest BCUT2D eigenvalue weighted by atomic mass is 16.5. The van der Waals surface area contributed by atoms with Crippen molar-refractivity contribution in [3.63, 3.8) is 0 Å². The Morgan fingerprint density at radius 1 is 0.966 bits per heavy atom. The largest absolute Gasteiger partial charge is 0.481 e. The van der Waals surface area contributed by atoms with Crippen LogP contribution in [0.1, 0.15) is 25.2 Å². The van der Waals surface area contributed by atoms with Gasteiger partial charge in [0.15, 0.2) is 5.82 Å². The van der Waals surface area contributed by atoms with Gasteiger partial charge in [-0.2, -0.15) is 9.97 Å². The molecule has 0 aliphatic carbocycles. The van der Waals surface area contributed by atoms with E-state index in [0.29, 0.717) is 17.5 Å². The van der Waals surface area contributed by atoms with Gasteiger partial charge in [-0.25, -0.2) is 9.97 Å². The number of amides is 1. The van der Waals surface area contributed by atoms with Crippen molar-refractivity contribution in [1.82, 2.24) is 19.9 Å². The second kappa shape index (κ2) is 6.80. The van der Waals surface area contributed by atoms with Gasteiger partial charge in [0.2, 0.25) is 11.8 Å². The topological polar surface area (TPSA) is 90.3 Å². The van der Waals surface area contributed by atoms with Crippen molar-refractivity contribution in [2.75, 3.05) is 19.1 Å². The third kappa shape index (κ3) is 3.06. The van der Waals surface area contributed by atoms with Crippen molar-refractivity contribution < 1.29 is 14.3 Å². The number of benzene rings is 1. The molecule has 2 aromatic heterocycles. The Bertz CT molecular complexity index is 1070. The van der Waals surface area contributed by atoms with Gasteiger partial charge in [-0.05, 0) is 38.0 Å². The van der Waals surface area contributed by atoms with Gasteiger partial charge in [-0.15, -0.1) is 0 Å².